The summed E-state index contributed by atoms with van der Waals surface area (Å²) >= 11 is 3.05. The molecule has 0 fully saturated rings. The van der Waals surface area contributed by atoms with Crippen molar-refractivity contribution in [3.05, 3.63) is 45.6 Å². The van der Waals surface area contributed by atoms with Gasteiger partial charge in [0.15, 0.2) is 5.69 Å². The highest BCUT2D eigenvalue weighted by atomic mass is 32.2. The fourth-order valence-corrected chi connectivity index (χ4v) is 5.00. The Bertz CT molecular complexity index is 1050. The van der Waals surface area contributed by atoms with E-state index < -0.39 is 10.8 Å². The van der Waals surface area contributed by atoms with E-state index in [1.54, 1.807) is 23.9 Å². The van der Waals surface area contributed by atoms with Gasteiger partial charge in [0.1, 0.15) is 4.83 Å². The Kier molecular flexibility index (Phi) is 4.84. The standard InChI is InChI=1S/C17H16N4O3S2/c1-3-10-12-11(8-5-4-6-9(7-8)21(23)24)13(18)14(15(19)22)20-16(12)26-17(10)25-2/h4-7H,3,18H2,1-2H3,(H2,19,22). The number of primary amides is 1. The number of aromatic nitrogens is 1. The minimum Gasteiger partial charge on any atom is -0.396 e. The maximum absolute atomic E-state index is 11.8. The van der Waals surface area contributed by atoms with Crippen molar-refractivity contribution >= 4 is 50.6 Å². The number of nitrogens with two attached hydrogens (primary N) is 2. The number of nitrogens with zero attached hydrogens (tertiary/aromatic N) is 2. The van der Waals surface area contributed by atoms with E-state index in [0.29, 0.717) is 16.0 Å². The number of benzene rings is 1. The molecule has 1 aromatic carbocycles. The van der Waals surface area contributed by atoms with E-state index >= 15 is 0 Å². The minimum atomic E-state index is -0.728. The lowest BCUT2D eigenvalue weighted by molar-refractivity contribution is -0.384. The number of carbonyl (C=O) groups excluding carboxylic acids is 1. The van der Waals surface area contributed by atoms with Gasteiger partial charge in [-0.1, -0.05) is 19.1 Å². The molecular weight excluding hydrogens is 372 g/mol. The van der Waals surface area contributed by atoms with E-state index in [9.17, 15) is 14.9 Å². The van der Waals surface area contributed by atoms with Crippen molar-refractivity contribution in [3.63, 3.8) is 0 Å². The molecule has 0 radical (unpaired) electrons. The first-order valence-electron chi connectivity index (χ1n) is 7.72. The number of non-ortho nitro benzene ring substituents is 1. The molecule has 0 aliphatic rings. The van der Waals surface area contributed by atoms with Gasteiger partial charge in [-0.05, 0) is 23.8 Å². The molecule has 3 rings (SSSR count). The summed E-state index contributed by atoms with van der Waals surface area (Å²) in [5.74, 6) is -0.728. The van der Waals surface area contributed by atoms with Crippen molar-refractivity contribution in [1.82, 2.24) is 4.98 Å². The number of nitro benzene ring substituents is 1. The van der Waals surface area contributed by atoms with Crippen molar-refractivity contribution in [2.45, 2.75) is 17.6 Å². The van der Waals surface area contributed by atoms with Crippen molar-refractivity contribution in [1.29, 1.82) is 0 Å². The number of rotatable bonds is 5. The van der Waals surface area contributed by atoms with E-state index in [1.807, 2.05) is 13.2 Å². The zero-order valence-electron chi connectivity index (χ0n) is 14.1. The Balaban J connectivity index is 2.47. The summed E-state index contributed by atoms with van der Waals surface area (Å²) in [6.45, 7) is 2.02. The number of hydrogen-bond acceptors (Lipinski definition) is 7. The largest absolute Gasteiger partial charge is 0.396 e. The number of thioether (sulfide) groups is 1. The highest BCUT2D eigenvalue weighted by molar-refractivity contribution is 8.00. The number of anilines is 1. The molecule has 2 aromatic heterocycles. The minimum absolute atomic E-state index is 0.0180. The van der Waals surface area contributed by atoms with Gasteiger partial charge in [0.25, 0.3) is 11.6 Å². The van der Waals surface area contributed by atoms with Crippen LogP contribution in [-0.4, -0.2) is 22.1 Å². The summed E-state index contributed by atoms with van der Waals surface area (Å²) in [4.78, 5) is 27.5. The van der Waals surface area contributed by atoms with Crippen LogP contribution in [0, 0.1) is 10.1 Å². The first-order valence-corrected chi connectivity index (χ1v) is 9.76. The summed E-state index contributed by atoms with van der Waals surface area (Å²) in [6.07, 6.45) is 2.71. The lowest BCUT2D eigenvalue weighted by Crippen LogP contribution is -2.16. The van der Waals surface area contributed by atoms with E-state index in [-0.39, 0.29) is 17.1 Å². The van der Waals surface area contributed by atoms with E-state index in [2.05, 4.69) is 4.98 Å². The van der Waals surface area contributed by atoms with Gasteiger partial charge in [-0.25, -0.2) is 4.98 Å². The van der Waals surface area contributed by atoms with E-state index in [1.165, 1.54) is 23.5 Å². The van der Waals surface area contributed by atoms with Crippen molar-refractivity contribution in [2.75, 3.05) is 12.0 Å². The molecule has 0 saturated heterocycles. The van der Waals surface area contributed by atoms with Crippen molar-refractivity contribution in [3.8, 4) is 11.1 Å². The Labute approximate surface area is 157 Å². The van der Waals surface area contributed by atoms with Crippen LogP contribution in [0.15, 0.2) is 28.5 Å². The third-order valence-corrected chi connectivity index (χ3v) is 6.34. The molecule has 0 aliphatic carbocycles. The van der Waals surface area contributed by atoms with E-state index in [4.69, 9.17) is 11.5 Å². The Hall–Kier alpha value is -2.65. The first-order chi connectivity index (χ1) is 12.4. The SMILES string of the molecule is CCc1c(SC)sc2nc(C(N)=O)c(N)c(-c3cccc([N+](=O)[O-])c3)c12. The molecule has 4 N–H and O–H groups in total. The molecule has 0 spiro atoms. The maximum atomic E-state index is 11.8. The molecule has 26 heavy (non-hydrogen) atoms. The quantitative estimate of drug-likeness (QED) is 0.389. The topological polar surface area (TPSA) is 125 Å². The fraction of sp³-hybridized carbons (Fsp3) is 0.176. The van der Waals surface area contributed by atoms with E-state index in [0.717, 1.165) is 21.6 Å². The van der Waals surface area contributed by atoms with Crippen LogP contribution in [0.25, 0.3) is 21.3 Å². The zero-order valence-corrected chi connectivity index (χ0v) is 15.7. The molecule has 1 amide bonds. The van der Waals surface area contributed by atoms with Gasteiger partial charge in [-0.3, -0.25) is 14.9 Å². The molecule has 0 atom stereocenters. The second kappa shape index (κ2) is 6.93. The van der Waals surface area contributed by atoms with Crippen LogP contribution >= 0.6 is 23.1 Å². The molecule has 3 aromatic rings. The zero-order chi connectivity index (χ0) is 19.0. The van der Waals surface area contributed by atoms with Crippen LogP contribution < -0.4 is 11.5 Å². The lowest BCUT2D eigenvalue weighted by atomic mass is 9.96. The Morgan fingerprint density at radius 2 is 2.15 bits per heavy atom. The highest BCUT2D eigenvalue weighted by Gasteiger charge is 2.24. The van der Waals surface area contributed by atoms with Crippen molar-refractivity contribution in [2.24, 2.45) is 5.73 Å². The maximum Gasteiger partial charge on any atom is 0.270 e. The normalized spacial score (nSPS) is 11.0. The number of nitro groups is 1. The number of thiophene rings is 1. The van der Waals surface area contributed by atoms with Gasteiger partial charge in [-0.2, -0.15) is 0 Å². The van der Waals surface area contributed by atoms with Gasteiger partial charge in [0, 0.05) is 23.1 Å². The van der Waals surface area contributed by atoms with Gasteiger partial charge >= 0.3 is 0 Å². The van der Waals surface area contributed by atoms with Crippen LogP contribution in [0.3, 0.4) is 0 Å². The van der Waals surface area contributed by atoms with Crippen LogP contribution in [0.5, 0.6) is 0 Å². The van der Waals surface area contributed by atoms with Gasteiger partial charge in [-0.15, -0.1) is 23.1 Å². The van der Waals surface area contributed by atoms with Crippen LogP contribution in [0.2, 0.25) is 0 Å². The lowest BCUT2D eigenvalue weighted by Gasteiger charge is -2.12. The number of fused-ring (bicyclic) bond motifs is 1. The average molecular weight is 388 g/mol. The summed E-state index contributed by atoms with van der Waals surface area (Å²) < 4.78 is 1.07. The monoisotopic (exact) mass is 388 g/mol. The van der Waals surface area contributed by atoms with Gasteiger partial charge < -0.3 is 11.5 Å². The number of hydrogen-bond donors (Lipinski definition) is 2. The second-order valence-corrected chi connectivity index (χ2v) is 7.60. The molecule has 2 heterocycles. The molecule has 0 aliphatic heterocycles. The van der Waals surface area contributed by atoms with Crippen LogP contribution in [-0.2, 0) is 6.42 Å². The molecule has 134 valence electrons. The fourth-order valence-electron chi connectivity index (χ4n) is 2.93. The van der Waals surface area contributed by atoms with Gasteiger partial charge in [0.2, 0.25) is 0 Å². The molecule has 9 heteroatoms. The molecular formula is C17H16N4O3S2. The summed E-state index contributed by atoms with van der Waals surface area (Å²) in [6, 6.07) is 6.19. The number of aryl methyl sites for hydroxylation is 1. The highest BCUT2D eigenvalue weighted by Crippen LogP contribution is 2.45. The summed E-state index contributed by atoms with van der Waals surface area (Å²) in [5, 5.41) is 12.0. The Morgan fingerprint density at radius 3 is 2.73 bits per heavy atom. The Morgan fingerprint density at radius 1 is 1.42 bits per heavy atom. The summed E-state index contributed by atoms with van der Waals surface area (Å²) in [5.41, 5.74) is 14.0. The third kappa shape index (κ3) is 2.89. The number of pyridine rings is 1. The smallest absolute Gasteiger partial charge is 0.270 e. The summed E-state index contributed by atoms with van der Waals surface area (Å²) in [7, 11) is 0. The van der Waals surface area contributed by atoms with Crippen LogP contribution in [0.1, 0.15) is 23.0 Å². The number of nitrogen functional groups attached to an aromatic ring is 1. The predicted octanol–water partition coefficient (Wildman–Crippen LogP) is 3.84. The molecule has 0 unspecified atom stereocenters. The molecule has 0 saturated carbocycles. The first kappa shape index (κ1) is 18.2. The van der Waals surface area contributed by atoms with Crippen molar-refractivity contribution < 1.29 is 9.72 Å². The number of amides is 1. The average Bonchev–Trinajstić information content (AvgIpc) is 2.98. The third-order valence-electron chi connectivity index (χ3n) is 4.06. The molecule has 7 nitrogen and oxygen atoms in total. The number of carbonyl (C=O) groups is 1. The second-order valence-electron chi connectivity index (χ2n) is 5.53. The van der Waals surface area contributed by atoms with Crippen LogP contribution in [0.4, 0.5) is 11.4 Å². The molecule has 0 bridgehead atoms. The predicted molar refractivity (Wildman–Crippen MR) is 106 cm³/mol. The van der Waals surface area contributed by atoms with Gasteiger partial charge in [0.05, 0.1) is 14.8 Å².